The normalized spacial score (nSPS) is 28.7. The lowest BCUT2D eigenvalue weighted by atomic mass is 9.73. The Morgan fingerprint density at radius 1 is 1.33 bits per heavy atom. The Hall–Kier alpha value is -1.87. The molecule has 1 aliphatic carbocycles. The first-order valence-electron chi connectivity index (χ1n) is 10.2. The molecule has 1 fully saturated rings. The maximum atomic E-state index is 12.5. The summed E-state index contributed by atoms with van der Waals surface area (Å²) in [5.41, 5.74) is 3.86. The van der Waals surface area contributed by atoms with Crippen molar-refractivity contribution in [3.05, 3.63) is 59.7 Å². The Morgan fingerprint density at radius 3 is 2.85 bits per heavy atom. The van der Waals surface area contributed by atoms with E-state index in [1.807, 2.05) is 18.2 Å². The van der Waals surface area contributed by atoms with Crippen LogP contribution in [0.5, 0.6) is 0 Å². The van der Waals surface area contributed by atoms with Crippen molar-refractivity contribution in [1.82, 2.24) is 0 Å². The van der Waals surface area contributed by atoms with Gasteiger partial charge in [-0.3, -0.25) is 4.79 Å². The minimum atomic E-state index is -0.0967. The van der Waals surface area contributed by atoms with Crippen LogP contribution >= 0.6 is 0 Å². The maximum absolute atomic E-state index is 12.5. The second-order valence-electron chi connectivity index (χ2n) is 8.24. The molecule has 1 aromatic rings. The van der Waals surface area contributed by atoms with Gasteiger partial charge in [-0.05, 0) is 43.6 Å². The predicted molar refractivity (Wildman–Crippen MR) is 108 cm³/mol. The third kappa shape index (κ3) is 5.55. The monoisotopic (exact) mass is 368 g/mol. The first kappa shape index (κ1) is 19.9. The van der Waals surface area contributed by atoms with E-state index in [-0.39, 0.29) is 18.0 Å². The lowest BCUT2D eigenvalue weighted by molar-refractivity contribution is -0.154. The van der Waals surface area contributed by atoms with Crippen LogP contribution in [0.25, 0.3) is 0 Å². The van der Waals surface area contributed by atoms with Gasteiger partial charge in [-0.15, -0.1) is 0 Å². The largest absolute Gasteiger partial charge is 0.462 e. The minimum absolute atomic E-state index is 0.0622. The summed E-state index contributed by atoms with van der Waals surface area (Å²) in [6, 6.07) is 10.2. The topological polar surface area (TPSA) is 35.5 Å². The van der Waals surface area contributed by atoms with Gasteiger partial charge >= 0.3 is 5.97 Å². The number of rotatable bonds is 6. The Balaban J connectivity index is 1.55. The summed E-state index contributed by atoms with van der Waals surface area (Å²) >= 11 is 0. The summed E-state index contributed by atoms with van der Waals surface area (Å²) in [4.78, 5) is 12.5. The fourth-order valence-corrected chi connectivity index (χ4v) is 4.21. The molecule has 0 aromatic heterocycles. The van der Waals surface area contributed by atoms with E-state index in [2.05, 4.69) is 38.6 Å². The van der Waals surface area contributed by atoms with Gasteiger partial charge in [0.05, 0.1) is 19.6 Å². The number of carbonyl (C=O) groups is 1. The van der Waals surface area contributed by atoms with Crippen LogP contribution in [-0.4, -0.2) is 18.7 Å². The summed E-state index contributed by atoms with van der Waals surface area (Å²) in [5.74, 6) is 0.990. The molecule has 0 spiro atoms. The number of ether oxygens (including phenoxy) is 2. The molecule has 3 nitrogen and oxygen atoms in total. The van der Waals surface area contributed by atoms with Crippen molar-refractivity contribution in [2.24, 2.45) is 17.8 Å². The number of fused-ring (bicyclic) bond motifs is 1. The molecule has 0 bridgehead atoms. The van der Waals surface area contributed by atoms with E-state index in [4.69, 9.17) is 9.47 Å². The first-order chi connectivity index (χ1) is 13.0. The highest BCUT2D eigenvalue weighted by atomic mass is 16.5. The quantitative estimate of drug-likeness (QED) is 0.494. The highest BCUT2D eigenvalue weighted by Crippen LogP contribution is 2.40. The Labute approximate surface area is 163 Å². The number of hydrogen-bond donors (Lipinski definition) is 0. The van der Waals surface area contributed by atoms with E-state index < -0.39 is 0 Å². The molecule has 1 saturated carbocycles. The fraction of sp³-hybridized carbons (Fsp3) is 0.542. The number of hydrogen-bond acceptors (Lipinski definition) is 3. The number of carbonyl (C=O) groups excluding carboxylic acids is 1. The third-order valence-electron chi connectivity index (χ3n) is 6.01. The lowest BCUT2D eigenvalue weighted by Gasteiger charge is -2.34. The van der Waals surface area contributed by atoms with Gasteiger partial charge in [-0.1, -0.05) is 61.1 Å². The summed E-state index contributed by atoms with van der Waals surface area (Å²) in [7, 11) is 0. The van der Waals surface area contributed by atoms with Crippen molar-refractivity contribution >= 4 is 5.97 Å². The van der Waals surface area contributed by atoms with Crippen LogP contribution in [0.3, 0.4) is 0 Å². The van der Waals surface area contributed by atoms with E-state index >= 15 is 0 Å². The van der Waals surface area contributed by atoms with Crippen LogP contribution in [-0.2, 0) is 20.9 Å². The second-order valence-corrected chi connectivity index (χ2v) is 8.24. The molecular weight excluding hydrogens is 336 g/mol. The summed E-state index contributed by atoms with van der Waals surface area (Å²) in [6.45, 7) is 9.52. The van der Waals surface area contributed by atoms with Gasteiger partial charge in [-0.25, -0.2) is 0 Å². The average molecular weight is 369 g/mol. The Bertz CT molecular complexity index is 676. The molecule has 4 atom stereocenters. The molecule has 146 valence electrons. The van der Waals surface area contributed by atoms with Gasteiger partial charge < -0.3 is 9.47 Å². The van der Waals surface area contributed by atoms with Crippen LogP contribution in [0.2, 0.25) is 0 Å². The Morgan fingerprint density at radius 2 is 2.11 bits per heavy atom. The van der Waals surface area contributed by atoms with E-state index in [0.717, 1.165) is 25.7 Å². The molecule has 0 saturated heterocycles. The lowest BCUT2D eigenvalue weighted by Crippen LogP contribution is -2.32. The molecule has 3 heteroatoms. The van der Waals surface area contributed by atoms with E-state index in [0.29, 0.717) is 31.5 Å². The smallest absolute Gasteiger partial charge is 0.306 e. The molecule has 1 aliphatic heterocycles. The summed E-state index contributed by atoms with van der Waals surface area (Å²) < 4.78 is 11.7. The van der Waals surface area contributed by atoms with Gasteiger partial charge in [-0.2, -0.15) is 0 Å². The van der Waals surface area contributed by atoms with Crippen molar-refractivity contribution in [1.29, 1.82) is 0 Å². The molecule has 27 heavy (non-hydrogen) atoms. The molecular formula is C24H32O3. The SMILES string of the molecule is C=C(C)[C@H]1CC/C2=C/C[C@@H]([C@@H](C)COCc3ccccc3)OC(=O)C[C@H]2C1. The van der Waals surface area contributed by atoms with Crippen LogP contribution in [0.15, 0.2) is 54.1 Å². The molecule has 0 amide bonds. The number of allylic oxidation sites excluding steroid dienone is 2. The fourth-order valence-electron chi connectivity index (χ4n) is 4.21. The molecule has 3 rings (SSSR count). The number of benzene rings is 1. The van der Waals surface area contributed by atoms with E-state index in [9.17, 15) is 4.79 Å². The van der Waals surface area contributed by atoms with Crippen molar-refractivity contribution < 1.29 is 14.3 Å². The molecule has 0 N–H and O–H groups in total. The standard InChI is InChI=1S/C24H32O3/c1-17(2)21-10-9-20-11-12-23(27-24(25)14-22(20)13-21)18(3)15-26-16-19-7-5-4-6-8-19/h4-8,11,18,21-23H,1,9-10,12-16H2,2-3H3/b20-11-/t18-,21-,22+,23-/m0/s1. The zero-order chi connectivity index (χ0) is 19.2. The summed E-state index contributed by atoms with van der Waals surface area (Å²) in [5, 5.41) is 0. The molecule has 2 aliphatic rings. The maximum Gasteiger partial charge on any atom is 0.306 e. The molecule has 1 aromatic carbocycles. The summed E-state index contributed by atoms with van der Waals surface area (Å²) in [6.07, 6.45) is 6.82. The van der Waals surface area contributed by atoms with Crippen LogP contribution in [0, 0.1) is 17.8 Å². The van der Waals surface area contributed by atoms with Crippen molar-refractivity contribution in [2.75, 3.05) is 6.61 Å². The van der Waals surface area contributed by atoms with Gasteiger partial charge in [0.2, 0.25) is 0 Å². The van der Waals surface area contributed by atoms with E-state index in [1.165, 1.54) is 16.7 Å². The Kier molecular flexibility index (Phi) is 6.89. The van der Waals surface area contributed by atoms with Crippen LogP contribution in [0.1, 0.15) is 51.5 Å². The molecule has 1 heterocycles. The predicted octanol–water partition coefficient (Wildman–Crippen LogP) is 5.46. The number of cyclic esters (lactones) is 1. The minimum Gasteiger partial charge on any atom is -0.462 e. The highest BCUT2D eigenvalue weighted by molar-refractivity contribution is 5.70. The molecule has 0 radical (unpaired) electrons. The highest BCUT2D eigenvalue weighted by Gasteiger charge is 2.32. The van der Waals surface area contributed by atoms with Crippen molar-refractivity contribution in [3.63, 3.8) is 0 Å². The van der Waals surface area contributed by atoms with Crippen molar-refractivity contribution in [3.8, 4) is 0 Å². The van der Waals surface area contributed by atoms with Gasteiger partial charge in [0.25, 0.3) is 0 Å². The number of esters is 1. The zero-order valence-corrected chi connectivity index (χ0v) is 16.7. The van der Waals surface area contributed by atoms with Crippen LogP contribution in [0.4, 0.5) is 0 Å². The second kappa shape index (κ2) is 9.36. The first-order valence-corrected chi connectivity index (χ1v) is 10.2. The third-order valence-corrected chi connectivity index (χ3v) is 6.01. The van der Waals surface area contributed by atoms with Gasteiger partial charge in [0.1, 0.15) is 6.10 Å². The van der Waals surface area contributed by atoms with Crippen LogP contribution < -0.4 is 0 Å². The molecule has 0 unspecified atom stereocenters. The van der Waals surface area contributed by atoms with E-state index in [1.54, 1.807) is 0 Å². The van der Waals surface area contributed by atoms with Gasteiger partial charge in [0.15, 0.2) is 0 Å². The van der Waals surface area contributed by atoms with Gasteiger partial charge in [0, 0.05) is 12.3 Å². The average Bonchev–Trinajstić information content (AvgIpc) is 2.64. The zero-order valence-electron chi connectivity index (χ0n) is 16.7. The van der Waals surface area contributed by atoms with Crippen molar-refractivity contribution in [2.45, 2.75) is 58.7 Å².